The van der Waals surface area contributed by atoms with Gasteiger partial charge in [0.15, 0.2) is 0 Å². The number of carbonyl (C=O) groups is 1. The Morgan fingerprint density at radius 1 is 1.20 bits per heavy atom. The van der Waals surface area contributed by atoms with Crippen LogP contribution in [-0.2, 0) is 4.79 Å². The lowest BCUT2D eigenvalue weighted by Crippen LogP contribution is -2.25. The quantitative estimate of drug-likeness (QED) is 0.614. The summed E-state index contributed by atoms with van der Waals surface area (Å²) < 4.78 is 5.52. The monoisotopic (exact) mass is 297 g/mol. The van der Waals surface area contributed by atoms with Gasteiger partial charge in [-0.15, -0.1) is 0 Å². The third-order valence-corrected chi connectivity index (χ3v) is 3.65. The van der Waals surface area contributed by atoms with Crippen LogP contribution in [0.5, 0.6) is 5.75 Å². The Bertz CT molecular complexity index is 359. The molecule has 5 heteroatoms. The average molecular weight is 297 g/mol. The summed E-state index contributed by atoms with van der Waals surface area (Å²) >= 11 is 1.75. The highest BCUT2D eigenvalue weighted by molar-refractivity contribution is 7.99. The zero-order valence-electron chi connectivity index (χ0n) is 11.7. The lowest BCUT2D eigenvalue weighted by Gasteiger charge is -2.07. The Morgan fingerprint density at radius 2 is 2.00 bits per heavy atom. The van der Waals surface area contributed by atoms with Crippen LogP contribution in [0.1, 0.15) is 19.3 Å². The van der Waals surface area contributed by atoms with E-state index in [1.54, 1.807) is 11.8 Å². The van der Waals surface area contributed by atoms with Crippen LogP contribution in [0, 0.1) is 0 Å². The van der Waals surface area contributed by atoms with E-state index < -0.39 is 0 Å². The fourth-order valence-electron chi connectivity index (χ4n) is 1.56. The number of hydrogen-bond donors (Lipinski definition) is 2. The van der Waals surface area contributed by atoms with Crippen molar-refractivity contribution in [2.75, 3.05) is 31.3 Å². The van der Waals surface area contributed by atoms with E-state index in [0.29, 0.717) is 19.6 Å². The van der Waals surface area contributed by atoms with Gasteiger partial charge in [-0.05, 0) is 30.7 Å². The number of carbonyl (C=O) groups excluding carboxylic acids is 1. The Morgan fingerprint density at radius 3 is 2.75 bits per heavy atom. The molecule has 0 aliphatic rings. The van der Waals surface area contributed by atoms with Gasteiger partial charge in [0.2, 0.25) is 5.91 Å². The molecule has 0 spiro atoms. The highest BCUT2D eigenvalue weighted by Gasteiger charge is 2.01. The van der Waals surface area contributed by atoms with E-state index in [9.17, 15) is 4.79 Å². The molecule has 1 aromatic carbocycles. The highest BCUT2D eigenvalue weighted by atomic mass is 32.2. The summed E-state index contributed by atoms with van der Waals surface area (Å²) in [6.45, 7) is 1.48. The average Bonchev–Trinajstić information content (AvgIpc) is 2.48. The van der Waals surface area contributed by atoms with Crippen molar-refractivity contribution in [3.8, 4) is 5.75 Å². The van der Waals surface area contributed by atoms with E-state index in [-0.39, 0.29) is 12.5 Å². The first kappa shape index (κ1) is 16.9. The molecule has 4 nitrogen and oxygen atoms in total. The smallest absolute Gasteiger partial charge is 0.220 e. The lowest BCUT2D eigenvalue weighted by atomic mass is 10.3. The van der Waals surface area contributed by atoms with E-state index in [4.69, 9.17) is 9.84 Å². The van der Waals surface area contributed by atoms with E-state index in [1.807, 2.05) is 30.3 Å². The van der Waals surface area contributed by atoms with Crippen LogP contribution in [0.3, 0.4) is 0 Å². The van der Waals surface area contributed by atoms with Gasteiger partial charge in [-0.25, -0.2) is 0 Å². The van der Waals surface area contributed by atoms with Crippen molar-refractivity contribution in [3.63, 3.8) is 0 Å². The summed E-state index contributed by atoms with van der Waals surface area (Å²) in [5.41, 5.74) is 0. The predicted molar refractivity (Wildman–Crippen MR) is 83.2 cm³/mol. The number of thioether (sulfide) groups is 1. The molecule has 0 bridgehead atoms. The summed E-state index contributed by atoms with van der Waals surface area (Å²) in [4.78, 5) is 11.5. The Labute approximate surface area is 124 Å². The SMILES string of the molecule is O=C(CCCOc1ccccc1)NCCSCCCO. The van der Waals surface area contributed by atoms with Crippen molar-refractivity contribution in [2.45, 2.75) is 19.3 Å². The molecular weight excluding hydrogens is 274 g/mol. The molecule has 0 unspecified atom stereocenters. The number of hydrogen-bond acceptors (Lipinski definition) is 4. The molecule has 20 heavy (non-hydrogen) atoms. The lowest BCUT2D eigenvalue weighted by molar-refractivity contribution is -0.121. The summed E-state index contributed by atoms with van der Waals surface area (Å²) in [7, 11) is 0. The summed E-state index contributed by atoms with van der Waals surface area (Å²) in [6.07, 6.45) is 2.03. The van der Waals surface area contributed by atoms with Crippen LogP contribution < -0.4 is 10.1 Å². The molecular formula is C15H23NO3S. The molecule has 0 atom stereocenters. The van der Waals surface area contributed by atoms with E-state index in [1.165, 1.54) is 0 Å². The number of aliphatic hydroxyl groups excluding tert-OH is 1. The van der Waals surface area contributed by atoms with Crippen LogP contribution in [0.2, 0.25) is 0 Å². The second-order valence-corrected chi connectivity index (χ2v) is 5.53. The number of amides is 1. The number of ether oxygens (including phenoxy) is 1. The van der Waals surface area contributed by atoms with Crippen LogP contribution in [0.4, 0.5) is 0 Å². The molecule has 1 rings (SSSR count). The molecule has 0 aliphatic heterocycles. The maximum absolute atomic E-state index is 11.5. The van der Waals surface area contributed by atoms with Gasteiger partial charge in [0.05, 0.1) is 6.61 Å². The Balaban J connectivity index is 1.92. The van der Waals surface area contributed by atoms with Gasteiger partial charge >= 0.3 is 0 Å². The zero-order valence-corrected chi connectivity index (χ0v) is 12.5. The van der Waals surface area contributed by atoms with Crippen molar-refractivity contribution in [2.24, 2.45) is 0 Å². The Hall–Kier alpha value is -1.20. The number of nitrogens with one attached hydrogen (secondary N) is 1. The van der Waals surface area contributed by atoms with Crippen molar-refractivity contribution in [1.82, 2.24) is 5.32 Å². The van der Waals surface area contributed by atoms with Gasteiger partial charge in [0, 0.05) is 25.3 Å². The molecule has 0 saturated carbocycles. The number of para-hydroxylation sites is 1. The van der Waals surface area contributed by atoms with Crippen molar-refractivity contribution in [1.29, 1.82) is 0 Å². The third-order valence-electron chi connectivity index (χ3n) is 2.58. The van der Waals surface area contributed by atoms with Gasteiger partial charge in [0.1, 0.15) is 5.75 Å². The van der Waals surface area contributed by atoms with Crippen molar-refractivity contribution >= 4 is 17.7 Å². The molecule has 0 aromatic heterocycles. The van der Waals surface area contributed by atoms with E-state index in [0.717, 1.165) is 30.1 Å². The predicted octanol–water partition coefficient (Wildman–Crippen LogP) is 2.08. The molecule has 112 valence electrons. The van der Waals surface area contributed by atoms with Crippen LogP contribution in [0.25, 0.3) is 0 Å². The normalized spacial score (nSPS) is 10.2. The fourth-order valence-corrected chi connectivity index (χ4v) is 2.34. The third kappa shape index (κ3) is 8.82. The molecule has 0 saturated heterocycles. The first-order valence-corrected chi connectivity index (χ1v) is 8.11. The fraction of sp³-hybridized carbons (Fsp3) is 0.533. The molecule has 0 heterocycles. The van der Waals surface area contributed by atoms with Gasteiger partial charge in [0.25, 0.3) is 0 Å². The zero-order chi connectivity index (χ0) is 14.5. The maximum atomic E-state index is 11.5. The second kappa shape index (κ2) is 11.6. The number of rotatable bonds is 11. The summed E-state index contributed by atoms with van der Waals surface area (Å²) in [5.74, 6) is 2.75. The number of benzene rings is 1. The number of aliphatic hydroxyl groups is 1. The molecule has 0 aliphatic carbocycles. The minimum absolute atomic E-state index is 0.0735. The maximum Gasteiger partial charge on any atom is 0.220 e. The minimum Gasteiger partial charge on any atom is -0.494 e. The van der Waals surface area contributed by atoms with Crippen LogP contribution >= 0.6 is 11.8 Å². The van der Waals surface area contributed by atoms with Gasteiger partial charge in [-0.2, -0.15) is 11.8 Å². The summed E-state index contributed by atoms with van der Waals surface area (Å²) in [5, 5.41) is 11.5. The van der Waals surface area contributed by atoms with Gasteiger partial charge in [-0.1, -0.05) is 18.2 Å². The highest BCUT2D eigenvalue weighted by Crippen LogP contribution is 2.08. The van der Waals surface area contributed by atoms with Gasteiger partial charge in [-0.3, -0.25) is 4.79 Å². The van der Waals surface area contributed by atoms with Crippen LogP contribution in [0.15, 0.2) is 30.3 Å². The van der Waals surface area contributed by atoms with Crippen molar-refractivity contribution < 1.29 is 14.6 Å². The van der Waals surface area contributed by atoms with Crippen LogP contribution in [-0.4, -0.2) is 42.3 Å². The first-order valence-electron chi connectivity index (χ1n) is 6.96. The summed E-state index contributed by atoms with van der Waals surface area (Å²) in [6, 6.07) is 9.61. The second-order valence-electron chi connectivity index (χ2n) is 4.30. The standard InChI is InChI=1S/C15H23NO3S/c17-10-5-12-20-13-9-16-15(18)8-4-11-19-14-6-2-1-3-7-14/h1-3,6-7,17H,4-5,8-13H2,(H,16,18). The molecule has 0 fully saturated rings. The largest absolute Gasteiger partial charge is 0.494 e. The molecule has 2 N–H and O–H groups in total. The Kier molecular flexibility index (Phi) is 9.79. The molecule has 1 aromatic rings. The minimum atomic E-state index is 0.0735. The first-order chi connectivity index (χ1) is 9.83. The topological polar surface area (TPSA) is 58.6 Å². The van der Waals surface area contributed by atoms with Crippen molar-refractivity contribution in [3.05, 3.63) is 30.3 Å². The van der Waals surface area contributed by atoms with E-state index >= 15 is 0 Å². The molecule has 0 radical (unpaired) electrons. The van der Waals surface area contributed by atoms with Gasteiger partial charge < -0.3 is 15.2 Å². The molecule has 1 amide bonds. The van der Waals surface area contributed by atoms with E-state index in [2.05, 4.69) is 5.32 Å².